The number of benzene rings is 1. The van der Waals surface area contributed by atoms with Crippen molar-refractivity contribution in [3.63, 3.8) is 0 Å². The molecule has 5 heteroatoms. The smallest absolute Gasteiger partial charge is 0.252 e. The van der Waals surface area contributed by atoms with Crippen LogP contribution in [0.2, 0.25) is 0 Å². The lowest BCUT2D eigenvalue weighted by atomic mass is 10.2. The first-order valence-corrected chi connectivity index (χ1v) is 6.65. The molecule has 0 spiro atoms. The van der Waals surface area contributed by atoms with Crippen LogP contribution < -0.4 is 5.32 Å². The van der Waals surface area contributed by atoms with Crippen LogP contribution >= 0.6 is 28.6 Å². The van der Waals surface area contributed by atoms with Crippen LogP contribution in [0.1, 0.15) is 24.2 Å². The number of ether oxygens (including phenoxy) is 1. The fraction of sp³-hybridized carbons (Fsp3) is 0.417. The molecule has 17 heavy (non-hydrogen) atoms. The Morgan fingerprint density at radius 3 is 2.88 bits per heavy atom. The minimum atomic E-state index is -0.130. The zero-order valence-electron chi connectivity index (χ0n) is 9.87. The van der Waals surface area contributed by atoms with E-state index in [1.54, 1.807) is 12.1 Å². The third-order valence-corrected chi connectivity index (χ3v) is 3.02. The van der Waals surface area contributed by atoms with Gasteiger partial charge in [-0.15, -0.1) is 12.6 Å². The molecule has 0 saturated heterocycles. The van der Waals surface area contributed by atoms with Crippen LogP contribution in [0, 0.1) is 0 Å². The highest BCUT2D eigenvalue weighted by atomic mass is 79.9. The first-order valence-electron chi connectivity index (χ1n) is 5.41. The van der Waals surface area contributed by atoms with Crippen molar-refractivity contribution in [2.45, 2.75) is 24.8 Å². The summed E-state index contributed by atoms with van der Waals surface area (Å²) in [5.74, 6) is -0.130. The van der Waals surface area contributed by atoms with Gasteiger partial charge in [0.25, 0.3) is 5.91 Å². The lowest BCUT2D eigenvalue weighted by molar-refractivity contribution is 0.0869. The second kappa shape index (κ2) is 7.03. The average Bonchev–Trinajstić information content (AvgIpc) is 2.26. The van der Waals surface area contributed by atoms with Gasteiger partial charge in [0.05, 0.1) is 12.2 Å². The van der Waals surface area contributed by atoms with Gasteiger partial charge in [-0.3, -0.25) is 4.79 Å². The zero-order chi connectivity index (χ0) is 12.8. The average molecular weight is 318 g/mol. The van der Waals surface area contributed by atoms with E-state index < -0.39 is 0 Å². The molecule has 0 bridgehead atoms. The molecular weight excluding hydrogens is 302 g/mol. The molecule has 3 nitrogen and oxygen atoms in total. The van der Waals surface area contributed by atoms with Crippen LogP contribution in [0.15, 0.2) is 27.6 Å². The fourth-order valence-electron chi connectivity index (χ4n) is 1.33. The van der Waals surface area contributed by atoms with Crippen LogP contribution in [0.25, 0.3) is 0 Å². The van der Waals surface area contributed by atoms with E-state index in [0.29, 0.717) is 23.7 Å². The topological polar surface area (TPSA) is 38.3 Å². The maximum Gasteiger partial charge on any atom is 0.252 e. The quantitative estimate of drug-likeness (QED) is 0.819. The molecule has 0 aliphatic heterocycles. The van der Waals surface area contributed by atoms with Crippen LogP contribution in [-0.4, -0.2) is 25.2 Å². The van der Waals surface area contributed by atoms with Gasteiger partial charge in [-0.1, -0.05) is 15.9 Å². The van der Waals surface area contributed by atoms with E-state index in [1.807, 2.05) is 19.9 Å². The van der Waals surface area contributed by atoms with E-state index in [4.69, 9.17) is 4.74 Å². The van der Waals surface area contributed by atoms with Crippen LogP contribution in [0.4, 0.5) is 0 Å². The molecule has 94 valence electrons. The summed E-state index contributed by atoms with van der Waals surface area (Å²) < 4.78 is 6.14. The lowest BCUT2D eigenvalue weighted by Crippen LogP contribution is -2.36. The molecule has 1 unspecified atom stereocenters. The second-order valence-electron chi connectivity index (χ2n) is 3.70. The number of hydrogen-bond donors (Lipinski definition) is 2. The lowest BCUT2D eigenvalue weighted by Gasteiger charge is -2.14. The minimum Gasteiger partial charge on any atom is -0.380 e. The largest absolute Gasteiger partial charge is 0.380 e. The Morgan fingerprint density at radius 1 is 1.59 bits per heavy atom. The third-order valence-electron chi connectivity index (χ3n) is 2.15. The van der Waals surface area contributed by atoms with Crippen molar-refractivity contribution in [3.05, 3.63) is 28.2 Å². The number of amides is 1. The molecule has 1 aromatic carbocycles. The fourth-order valence-corrected chi connectivity index (χ4v) is 2.19. The van der Waals surface area contributed by atoms with Crippen LogP contribution in [0.3, 0.4) is 0 Å². The Balaban J connectivity index is 2.63. The van der Waals surface area contributed by atoms with Crippen molar-refractivity contribution >= 4 is 34.5 Å². The number of carbonyl (C=O) groups is 1. The van der Waals surface area contributed by atoms with E-state index in [2.05, 4.69) is 33.9 Å². The van der Waals surface area contributed by atoms with Crippen LogP contribution in [-0.2, 0) is 4.74 Å². The van der Waals surface area contributed by atoms with E-state index in [1.165, 1.54) is 0 Å². The van der Waals surface area contributed by atoms with E-state index in [9.17, 15) is 4.79 Å². The van der Waals surface area contributed by atoms with E-state index in [-0.39, 0.29) is 11.9 Å². The maximum atomic E-state index is 11.9. The molecule has 0 saturated carbocycles. The van der Waals surface area contributed by atoms with Gasteiger partial charge >= 0.3 is 0 Å². The summed E-state index contributed by atoms with van der Waals surface area (Å²) in [6.45, 7) is 5.00. The number of halogens is 1. The van der Waals surface area contributed by atoms with Gasteiger partial charge in [-0.25, -0.2) is 0 Å². The Hall–Kier alpha value is -0.520. The number of hydrogen-bond acceptors (Lipinski definition) is 3. The standard InChI is InChI=1S/C12H16BrNO2S/c1-3-16-7-8(2)14-12(15)10-5-4-9(13)6-11(10)17/h4-6,8,17H,3,7H2,1-2H3,(H,14,15). The second-order valence-corrected chi connectivity index (χ2v) is 5.09. The molecule has 0 radical (unpaired) electrons. The predicted molar refractivity (Wildman–Crippen MR) is 74.8 cm³/mol. The predicted octanol–water partition coefficient (Wildman–Crippen LogP) is 2.89. The zero-order valence-corrected chi connectivity index (χ0v) is 12.3. The van der Waals surface area contributed by atoms with Gasteiger partial charge < -0.3 is 10.1 Å². The molecule has 0 aliphatic rings. The number of carbonyl (C=O) groups excluding carboxylic acids is 1. The maximum absolute atomic E-state index is 11.9. The van der Waals surface area contributed by atoms with Crippen molar-refractivity contribution in [2.24, 2.45) is 0 Å². The van der Waals surface area contributed by atoms with Crippen molar-refractivity contribution in [1.29, 1.82) is 0 Å². The molecule has 0 aliphatic carbocycles. The molecule has 1 rings (SSSR count). The summed E-state index contributed by atoms with van der Waals surface area (Å²) in [6.07, 6.45) is 0. The number of thiol groups is 1. The molecule has 1 atom stereocenters. The highest BCUT2D eigenvalue weighted by molar-refractivity contribution is 9.10. The third kappa shape index (κ3) is 4.69. The highest BCUT2D eigenvalue weighted by Crippen LogP contribution is 2.19. The highest BCUT2D eigenvalue weighted by Gasteiger charge is 2.12. The van der Waals surface area contributed by atoms with Gasteiger partial charge in [0.15, 0.2) is 0 Å². The van der Waals surface area contributed by atoms with Crippen molar-refractivity contribution in [2.75, 3.05) is 13.2 Å². The summed E-state index contributed by atoms with van der Waals surface area (Å²) in [7, 11) is 0. The molecule has 1 amide bonds. The molecular formula is C12H16BrNO2S. The summed E-state index contributed by atoms with van der Waals surface area (Å²) in [4.78, 5) is 12.6. The summed E-state index contributed by atoms with van der Waals surface area (Å²) in [5.41, 5.74) is 0.569. The monoisotopic (exact) mass is 317 g/mol. The van der Waals surface area contributed by atoms with Gasteiger partial charge in [-0.2, -0.15) is 0 Å². The first-order chi connectivity index (χ1) is 8.04. The summed E-state index contributed by atoms with van der Waals surface area (Å²) >= 11 is 7.61. The SMILES string of the molecule is CCOCC(C)NC(=O)c1ccc(Br)cc1S. The van der Waals surface area contributed by atoms with Gasteiger partial charge in [0.2, 0.25) is 0 Å². The van der Waals surface area contributed by atoms with Crippen molar-refractivity contribution < 1.29 is 9.53 Å². The Morgan fingerprint density at radius 2 is 2.29 bits per heavy atom. The Labute approximate surface area is 115 Å². The molecule has 1 N–H and O–H groups in total. The molecule has 0 heterocycles. The van der Waals surface area contributed by atoms with Gasteiger partial charge in [0, 0.05) is 22.0 Å². The molecule has 0 fully saturated rings. The van der Waals surface area contributed by atoms with E-state index >= 15 is 0 Å². The normalized spacial score (nSPS) is 12.2. The molecule has 0 aromatic heterocycles. The summed E-state index contributed by atoms with van der Waals surface area (Å²) in [6, 6.07) is 5.35. The van der Waals surface area contributed by atoms with Crippen LogP contribution in [0.5, 0.6) is 0 Å². The van der Waals surface area contributed by atoms with E-state index in [0.717, 1.165) is 4.47 Å². The molecule has 1 aromatic rings. The van der Waals surface area contributed by atoms with Gasteiger partial charge in [0.1, 0.15) is 0 Å². The van der Waals surface area contributed by atoms with Crippen molar-refractivity contribution in [1.82, 2.24) is 5.32 Å². The minimum absolute atomic E-state index is 0.0150. The Kier molecular flexibility index (Phi) is 6.02. The number of nitrogens with one attached hydrogen (secondary N) is 1. The Bertz CT molecular complexity index is 398. The summed E-state index contributed by atoms with van der Waals surface area (Å²) in [5, 5.41) is 2.86. The van der Waals surface area contributed by atoms with Crippen molar-refractivity contribution in [3.8, 4) is 0 Å². The van der Waals surface area contributed by atoms with Gasteiger partial charge in [-0.05, 0) is 32.0 Å². The first kappa shape index (κ1) is 14.5. The number of rotatable bonds is 5.